The third-order valence-electron chi connectivity index (χ3n) is 4.09. The maximum Gasteiger partial charge on any atom is 0.240 e. The first kappa shape index (κ1) is 13.2. The highest BCUT2D eigenvalue weighted by Gasteiger charge is 2.32. The quantitative estimate of drug-likeness (QED) is 0.785. The lowest BCUT2D eigenvalue weighted by Crippen LogP contribution is -2.52. The van der Waals surface area contributed by atoms with E-state index in [-0.39, 0.29) is 11.9 Å². The molecule has 2 heterocycles. The Bertz CT molecular complexity index is 281. The second-order valence-electron chi connectivity index (χ2n) is 5.23. The third kappa shape index (κ3) is 2.95. The lowest BCUT2D eigenvalue weighted by molar-refractivity contribution is -0.134. The Morgan fingerprint density at radius 1 is 1.53 bits per heavy atom. The van der Waals surface area contributed by atoms with Gasteiger partial charge < -0.3 is 9.80 Å². The number of thioether (sulfide) groups is 1. The summed E-state index contributed by atoms with van der Waals surface area (Å²) in [6.07, 6.45) is 2.20. The van der Waals surface area contributed by atoms with Crippen LogP contribution in [-0.4, -0.2) is 66.1 Å². The fraction of sp³-hybridized carbons (Fsp3) is 0.917. The molecule has 2 aliphatic heterocycles. The van der Waals surface area contributed by atoms with Crippen LogP contribution in [0.4, 0.5) is 0 Å². The second kappa shape index (κ2) is 5.59. The van der Waals surface area contributed by atoms with Gasteiger partial charge in [0.15, 0.2) is 0 Å². The molecule has 5 heteroatoms. The molecular formula is C12H23N3OS. The Labute approximate surface area is 108 Å². The number of piperidine rings is 1. The van der Waals surface area contributed by atoms with Crippen LogP contribution in [0.2, 0.25) is 0 Å². The molecule has 1 amide bonds. The van der Waals surface area contributed by atoms with E-state index in [0.29, 0.717) is 12.1 Å². The molecule has 4 nitrogen and oxygen atoms in total. The van der Waals surface area contributed by atoms with Crippen molar-refractivity contribution in [2.75, 3.05) is 32.3 Å². The van der Waals surface area contributed by atoms with E-state index < -0.39 is 0 Å². The number of nitrogens with one attached hydrogen (secondary N) is 1. The highest BCUT2D eigenvalue weighted by molar-refractivity contribution is 7.99. The molecule has 3 unspecified atom stereocenters. The largest absolute Gasteiger partial charge is 0.341 e. The zero-order valence-electron chi connectivity index (χ0n) is 11.0. The van der Waals surface area contributed by atoms with E-state index in [2.05, 4.69) is 24.2 Å². The fourth-order valence-corrected chi connectivity index (χ4v) is 3.53. The molecule has 2 aliphatic rings. The average molecular weight is 257 g/mol. The Kier molecular flexibility index (Phi) is 4.33. The average Bonchev–Trinajstić information content (AvgIpc) is 2.84. The molecule has 17 heavy (non-hydrogen) atoms. The van der Waals surface area contributed by atoms with E-state index in [1.54, 1.807) is 0 Å². The summed E-state index contributed by atoms with van der Waals surface area (Å²) in [5.41, 5.74) is 0. The van der Waals surface area contributed by atoms with Gasteiger partial charge in [-0.2, -0.15) is 0 Å². The number of hydrogen-bond acceptors (Lipinski definition) is 4. The standard InChI is InChI=1S/C12H23N3OS/c1-9-6-10(4-5-14(9)2)15(3)12(16)11-7-17-8-13-11/h9-11,13H,4-8H2,1-3H3. The number of carbonyl (C=O) groups is 1. The molecule has 0 aromatic carbocycles. The second-order valence-corrected chi connectivity index (χ2v) is 6.26. The van der Waals surface area contributed by atoms with Gasteiger partial charge in [-0.3, -0.25) is 10.1 Å². The van der Waals surface area contributed by atoms with Gasteiger partial charge in [0.05, 0.1) is 6.04 Å². The van der Waals surface area contributed by atoms with Crippen molar-refractivity contribution < 1.29 is 4.79 Å². The van der Waals surface area contributed by atoms with Crippen LogP contribution < -0.4 is 5.32 Å². The lowest BCUT2D eigenvalue weighted by Gasteiger charge is -2.40. The Balaban J connectivity index is 1.90. The van der Waals surface area contributed by atoms with Crippen molar-refractivity contribution in [3.05, 3.63) is 0 Å². The first-order chi connectivity index (χ1) is 8.09. The number of likely N-dealkylation sites (N-methyl/N-ethyl adjacent to an activating group) is 1. The molecule has 2 saturated heterocycles. The normalized spacial score (nSPS) is 34.9. The maximum absolute atomic E-state index is 12.3. The van der Waals surface area contributed by atoms with E-state index in [4.69, 9.17) is 0 Å². The number of rotatable bonds is 2. The van der Waals surface area contributed by atoms with Crippen molar-refractivity contribution in [2.24, 2.45) is 0 Å². The van der Waals surface area contributed by atoms with Crippen molar-refractivity contribution in [3.8, 4) is 0 Å². The number of amides is 1. The first-order valence-corrected chi connectivity index (χ1v) is 7.53. The van der Waals surface area contributed by atoms with Gasteiger partial charge in [-0.05, 0) is 26.8 Å². The van der Waals surface area contributed by atoms with Crippen LogP contribution in [0.5, 0.6) is 0 Å². The topological polar surface area (TPSA) is 35.6 Å². The summed E-state index contributed by atoms with van der Waals surface area (Å²) in [5.74, 6) is 2.11. The number of carbonyl (C=O) groups excluding carboxylic acids is 1. The van der Waals surface area contributed by atoms with Gasteiger partial charge in [-0.25, -0.2) is 0 Å². The summed E-state index contributed by atoms with van der Waals surface area (Å²) in [6, 6.07) is 1.04. The molecular weight excluding hydrogens is 234 g/mol. The summed E-state index contributed by atoms with van der Waals surface area (Å²) in [7, 11) is 4.13. The predicted molar refractivity (Wildman–Crippen MR) is 72.1 cm³/mol. The number of hydrogen-bond donors (Lipinski definition) is 1. The zero-order chi connectivity index (χ0) is 12.4. The van der Waals surface area contributed by atoms with E-state index in [0.717, 1.165) is 31.0 Å². The van der Waals surface area contributed by atoms with Gasteiger partial charge in [-0.1, -0.05) is 0 Å². The number of nitrogens with zero attached hydrogens (tertiary/aromatic N) is 2. The van der Waals surface area contributed by atoms with Gasteiger partial charge in [-0.15, -0.1) is 11.8 Å². The van der Waals surface area contributed by atoms with Crippen molar-refractivity contribution in [2.45, 2.75) is 37.9 Å². The van der Waals surface area contributed by atoms with Crippen molar-refractivity contribution in [3.63, 3.8) is 0 Å². The molecule has 1 N–H and O–H groups in total. The predicted octanol–water partition coefficient (Wildman–Crippen LogP) is 0.590. The van der Waals surface area contributed by atoms with Crippen LogP contribution in [-0.2, 0) is 4.79 Å². The Morgan fingerprint density at radius 2 is 2.29 bits per heavy atom. The third-order valence-corrected chi connectivity index (χ3v) is 5.03. The van der Waals surface area contributed by atoms with Crippen LogP contribution in [0.15, 0.2) is 0 Å². The fourth-order valence-electron chi connectivity index (χ4n) is 2.60. The molecule has 0 aromatic heterocycles. The van der Waals surface area contributed by atoms with Crippen LogP contribution in [0.1, 0.15) is 19.8 Å². The molecule has 98 valence electrons. The lowest BCUT2D eigenvalue weighted by atomic mass is 9.97. The summed E-state index contributed by atoms with van der Waals surface area (Å²) in [4.78, 5) is 16.6. The highest BCUT2D eigenvalue weighted by atomic mass is 32.2. The molecule has 3 atom stereocenters. The summed E-state index contributed by atoms with van der Waals surface area (Å²) in [5, 5.41) is 3.26. The van der Waals surface area contributed by atoms with E-state index in [9.17, 15) is 4.79 Å². The van der Waals surface area contributed by atoms with Crippen LogP contribution in [0, 0.1) is 0 Å². The van der Waals surface area contributed by atoms with Gasteiger partial charge in [0, 0.05) is 37.3 Å². The van der Waals surface area contributed by atoms with Crippen LogP contribution in [0.3, 0.4) is 0 Å². The summed E-state index contributed by atoms with van der Waals surface area (Å²) < 4.78 is 0. The van der Waals surface area contributed by atoms with Crippen molar-refractivity contribution >= 4 is 17.7 Å². The van der Waals surface area contributed by atoms with Crippen molar-refractivity contribution in [1.82, 2.24) is 15.1 Å². The summed E-state index contributed by atoms with van der Waals surface area (Å²) in [6.45, 7) is 3.34. The highest BCUT2D eigenvalue weighted by Crippen LogP contribution is 2.21. The summed E-state index contributed by atoms with van der Waals surface area (Å²) >= 11 is 1.81. The van der Waals surface area contributed by atoms with Crippen LogP contribution in [0.25, 0.3) is 0 Å². The molecule has 0 aromatic rings. The smallest absolute Gasteiger partial charge is 0.240 e. The molecule has 0 bridgehead atoms. The van der Waals surface area contributed by atoms with Gasteiger partial charge in [0.2, 0.25) is 5.91 Å². The van der Waals surface area contributed by atoms with Crippen LogP contribution >= 0.6 is 11.8 Å². The zero-order valence-corrected chi connectivity index (χ0v) is 11.8. The minimum Gasteiger partial charge on any atom is -0.341 e. The van der Waals surface area contributed by atoms with E-state index in [1.165, 1.54) is 0 Å². The Hall–Kier alpha value is -0.260. The Morgan fingerprint density at radius 3 is 2.88 bits per heavy atom. The molecule has 0 radical (unpaired) electrons. The minimum absolute atomic E-state index is 0.0416. The van der Waals surface area contributed by atoms with E-state index >= 15 is 0 Å². The first-order valence-electron chi connectivity index (χ1n) is 6.37. The molecule has 0 aliphatic carbocycles. The molecule has 2 fully saturated rings. The van der Waals surface area contributed by atoms with Gasteiger partial charge in [0.1, 0.15) is 0 Å². The van der Waals surface area contributed by atoms with Gasteiger partial charge >= 0.3 is 0 Å². The maximum atomic E-state index is 12.3. The van der Waals surface area contributed by atoms with Crippen molar-refractivity contribution in [1.29, 1.82) is 0 Å². The monoisotopic (exact) mass is 257 g/mol. The molecule has 2 rings (SSSR count). The SMILES string of the molecule is CC1CC(N(C)C(=O)C2CSCN2)CCN1C. The number of likely N-dealkylation sites (tertiary alicyclic amines) is 1. The van der Waals surface area contributed by atoms with Gasteiger partial charge in [0.25, 0.3) is 0 Å². The molecule has 0 spiro atoms. The van der Waals surface area contributed by atoms with E-state index in [1.807, 2.05) is 23.7 Å². The molecule has 0 saturated carbocycles. The minimum atomic E-state index is 0.0416.